The fourth-order valence-corrected chi connectivity index (χ4v) is 1.43. The average molecular weight is 252 g/mol. The number of pyridine rings is 1. The van der Waals surface area contributed by atoms with Gasteiger partial charge in [-0.05, 0) is 25.5 Å². The van der Waals surface area contributed by atoms with Crippen molar-refractivity contribution < 1.29 is 9.94 Å². The molecule has 1 heterocycles. The minimum absolute atomic E-state index is 0.0124. The highest BCUT2D eigenvalue weighted by atomic mass is 16.5. The maximum absolute atomic E-state index is 8.69. The Hall–Kier alpha value is -1.66. The molecule has 0 atom stereocenters. The SMILES string of the molecule is COC(C)(C)CNCc1cccnc1/C(N)=N/O. The maximum atomic E-state index is 8.69. The molecule has 100 valence electrons. The topological polar surface area (TPSA) is 92.8 Å². The highest BCUT2D eigenvalue weighted by Crippen LogP contribution is 2.08. The molecular weight excluding hydrogens is 232 g/mol. The van der Waals surface area contributed by atoms with E-state index in [1.807, 2.05) is 26.0 Å². The van der Waals surface area contributed by atoms with Crippen LogP contribution >= 0.6 is 0 Å². The Morgan fingerprint density at radius 1 is 1.61 bits per heavy atom. The molecule has 0 aliphatic rings. The molecule has 0 bridgehead atoms. The van der Waals surface area contributed by atoms with Crippen molar-refractivity contribution in [2.24, 2.45) is 10.9 Å². The van der Waals surface area contributed by atoms with Crippen LogP contribution in [0.5, 0.6) is 0 Å². The third-order valence-corrected chi connectivity index (χ3v) is 2.66. The van der Waals surface area contributed by atoms with E-state index in [0.29, 0.717) is 18.8 Å². The third-order valence-electron chi connectivity index (χ3n) is 2.66. The number of oxime groups is 1. The van der Waals surface area contributed by atoms with E-state index < -0.39 is 0 Å². The second-order valence-electron chi connectivity index (χ2n) is 4.56. The maximum Gasteiger partial charge on any atom is 0.189 e. The van der Waals surface area contributed by atoms with Crippen LogP contribution in [-0.4, -0.2) is 35.3 Å². The summed E-state index contributed by atoms with van der Waals surface area (Å²) >= 11 is 0. The molecule has 0 saturated heterocycles. The van der Waals surface area contributed by atoms with Crippen LogP contribution in [0.4, 0.5) is 0 Å². The minimum atomic E-state index is -0.237. The molecule has 1 aromatic heterocycles. The number of hydrogen-bond acceptors (Lipinski definition) is 5. The van der Waals surface area contributed by atoms with Crippen molar-refractivity contribution in [3.63, 3.8) is 0 Å². The smallest absolute Gasteiger partial charge is 0.189 e. The molecule has 18 heavy (non-hydrogen) atoms. The number of nitrogens with one attached hydrogen (secondary N) is 1. The van der Waals surface area contributed by atoms with Gasteiger partial charge in [-0.15, -0.1) is 0 Å². The third kappa shape index (κ3) is 3.97. The standard InChI is InChI=1S/C12H20N4O2/c1-12(2,18-3)8-14-7-9-5-4-6-15-10(9)11(13)16-17/h4-6,14,17H,7-8H2,1-3H3,(H2,13,16). The Balaban J connectivity index is 2.68. The molecule has 0 fully saturated rings. The van der Waals surface area contributed by atoms with Crippen LogP contribution in [0.25, 0.3) is 0 Å². The van der Waals surface area contributed by atoms with Crippen molar-refractivity contribution in [3.05, 3.63) is 29.6 Å². The molecule has 1 rings (SSSR count). The Labute approximate surface area is 107 Å². The first-order valence-electron chi connectivity index (χ1n) is 5.68. The summed E-state index contributed by atoms with van der Waals surface area (Å²) in [5.74, 6) is 0.0124. The van der Waals surface area contributed by atoms with Gasteiger partial charge in [0.2, 0.25) is 0 Å². The number of ether oxygens (including phenoxy) is 1. The van der Waals surface area contributed by atoms with Crippen molar-refractivity contribution in [2.45, 2.75) is 26.0 Å². The van der Waals surface area contributed by atoms with E-state index in [-0.39, 0.29) is 11.4 Å². The van der Waals surface area contributed by atoms with Crippen LogP contribution in [0.15, 0.2) is 23.5 Å². The molecule has 0 saturated carbocycles. The number of nitrogens with two attached hydrogens (primary N) is 1. The van der Waals surface area contributed by atoms with Gasteiger partial charge in [-0.25, -0.2) is 0 Å². The van der Waals surface area contributed by atoms with Crippen LogP contribution in [0.3, 0.4) is 0 Å². The monoisotopic (exact) mass is 252 g/mol. The zero-order chi connectivity index (χ0) is 13.6. The molecular formula is C12H20N4O2. The molecule has 6 nitrogen and oxygen atoms in total. The lowest BCUT2D eigenvalue weighted by atomic mass is 10.1. The summed E-state index contributed by atoms with van der Waals surface area (Å²) in [5, 5.41) is 14.9. The molecule has 0 aliphatic heterocycles. The van der Waals surface area contributed by atoms with Gasteiger partial charge in [-0.2, -0.15) is 0 Å². The summed E-state index contributed by atoms with van der Waals surface area (Å²) in [6.45, 7) is 5.25. The Morgan fingerprint density at radius 3 is 2.94 bits per heavy atom. The van der Waals surface area contributed by atoms with E-state index in [9.17, 15) is 0 Å². The zero-order valence-corrected chi connectivity index (χ0v) is 11.0. The fourth-order valence-electron chi connectivity index (χ4n) is 1.43. The first-order valence-corrected chi connectivity index (χ1v) is 5.68. The van der Waals surface area contributed by atoms with E-state index in [0.717, 1.165) is 5.56 Å². The lowest BCUT2D eigenvalue weighted by Gasteiger charge is -2.23. The van der Waals surface area contributed by atoms with Crippen LogP contribution < -0.4 is 11.1 Å². The van der Waals surface area contributed by atoms with Gasteiger partial charge in [-0.1, -0.05) is 11.2 Å². The van der Waals surface area contributed by atoms with Gasteiger partial charge in [-0.3, -0.25) is 4.98 Å². The van der Waals surface area contributed by atoms with Crippen molar-refractivity contribution in [2.75, 3.05) is 13.7 Å². The highest BCUT2D eigenvalue weighted by molar-refractivity contribution is 5.96. The molecule has 0 unspecified atom stereocenters. The lowest BCUT2D eigenvalue weighted by Crippen LogP contribution is -2.36. The Bertz CT molecular complexity index is 418. The zero-order valence-electron chi connectivity index (χ0n) is 11.0. The minimum Gasteiger partial charge on any atom is -0.409 e. The summed E-state index contributed by atoms with van der Waals surface area (Å²) in [6.07, 6.45) is 1.61. The molecule has 0 aliphatic carbocycles. The second kappa shape index (κ2) is 6.32. The molecule has 0 spiro atoms. The van der Waals surface area contributed by atoms with E-state index in [4.69, 9.17) is 15.7 Å². The number of aromatic nitrogens is 1. The van der Waals surface area contributed by atoms with Gasteiger partial charge in [0, 0.05) is 26.4 Å². The average Bonchev–Trinajstić information content (AvgIpc) is 2.38. The predicted molar refractivity (Wildman–Crippen MR) is 69.5 cm³/mol. The van der Waals surface area contributed by atoms with Gasteiger partial charge in [0.25, 0.3) is 0 Å². The summed E-state index contributed by atoms with van der Waals surface area (Å²) in [6, 6.07) is 3.69. The Kier molecular flexibility index (Phi) is 5.06. The Morgan fingerprint density at radius 2 is 2.33 bits per heavy atom. The van der Waals surface area contributed by atoms with E-state index >= 15 is 0 Å². The fraction of sp³-hybridized carbons (Fsp3) is 0.500. The number of nitrogens with zero attached hydrogens (tertiary/aromatic N) is 2. The van der Waals surface area contributed by atoms with Crippen LogP contribution in [0, 0.1) is 0 Å². The quantitative estimate of drug-likeness (QED) is 0.300. The number of rotatable bonds is 6. The summed E-state index contributed by atoms with van der Waals surface area (Å²) in [7, 11) is 1.67. The van der Waals surface area contributed by atoms with E-state index in [2.05, 4.69) is 15.5 Å². The summed E-state index contributed by atoms with van der Waals surface area (Å²) in [5.41, 5.74) is 6.69. The normalized spacial score (nSPS) is 12.7. The first-order chi connectivity index (χ1) is 8.50. The lowest BCUT2D eigenvalue weighted by molar-refractivity contribution is 0.0230. The number of hydrogen-bond donors (Lipinski definition) is 3. The molecule has 6 heteroatoms. The summed E-state index contributed by atoms with van der Waals surface area (Å²) in [4.78, 5) is 4.10. The first kappa shape index (κ1) is 14.4. The van der Waals surface area contributed by atoms with Gasteiger partial charge in [0.15, 0.2) is 5.84 Å². The highest BCUT2D eigenvalue weighted by Gasteiger charge is 2.16. The molecule has 0 radical (unpaired) electrons. The van der Waals surface area contributed by atoms with Gasteiger partial charge in [0.1, 0.15) is 5.69 Å². The molecule has 1 aromatic rings. The predicted octanol–water partition coefficient (Wildman–Crippen LogP) is 0.691. The van der Waals surface area contributed by atoms with Crippen LogP contribution in [-0.2, 0) is 11.3 Å². The van der Waals surface area contributed by atoms with Crippen molar-refractivity contribution in [3.8, 4) is 0 Å². The van der Waals surface area contributed by atoms with E-state index in [1.165, 1.54) is 0 Å². The largest absolute Gasteiger partial charge is 0.409 e. The number of methoxy groups -OCH3 is 1. The summed E-state index contributed by atoms with van der Waals surface area (Å²) < 4.78 is 5.31. The van der Waals surface area contributed by atoms with Crippen molar-refractivity contribution >= 4 is 5.84 Å². The number of amidine groups is 1. The van der Waals surface area contributed by atoms with E-state index in [1.54, 1.807) is 13.3 Å². The van der Waals surface area contributed by atoms with Crippen molar-refractivity contribution in [1.29, 1.82) is 0 Å². The van der Waals surface area contributed by atoms with Crippen LogP contribution in [0.1, 0.15) is 25.1 Å². The second-order valence-corrected chi connectivity index (χ2v) is 4.56. The molecule has 0 amide bonds. The molecule has 0 aromatic carbocycles. The van der Waals surface area contributed by atoms with Crippen molar-refractivity contribution in [1.82, 2.24) is 10.3 Å². The van der Waals surface area contributed by atoms with Gasteiger partial charge >= 0.3 is 0 Å². The van der Waals surface area contributed by atoms with Crippen LogP contribution in [0.2, 0.25) is 0 Å². The molecule has 4 N–H and O–H groups in total. The van der Waals surface area contributed by atoms with Gasteiger partial charge < -0.3 is 21.0 Å². The van der Waals surface area contributed by atoms with Gasteiger partial charge in [0.05, 0.1) is 5.60 Å².